The number of pyridine rings is 1. The fraction of sp³-hybridized carbons (Fsp3) is 0.130. The number of methoxy groups -OCH3 is 1. The van der Waals surface area contributed by atoms with E-state index in [1.165, 1.54) is 7.11 Å². The molecule has 0 unspecified atom stereocenters. The van der Waals surface area contributed by atoms with Crippen LogP contribution in [-0.4, -0.2) is 33.8 Å². The molecule has 0 spiro atoms. The summed E-state index contributed by atoms with van der Waals surface area (Å²) >= 11 is 0. The second-order valence-electron chi connectivity index (χ2n) is 6.79. The van der Waals surface area contributed by atoms with Crippen molar-refractivity contribution >= 4 is 22.8 Å². The van der Waals surface area contributed by atoms with Gasteiger partial charge in [-0.05, 0) is 42.8 Å². The number of esters is 1. The van der Waals surface area contributed by atoms with Crippen molar-refractivity contribution in [3.05, 3.63) is 89.2 Å². The third-order valence-corrected chi connectivity index (χ3v) is 4.88. The summed E-state index contributed by atoms with van der Waals surface area (Å²) in [6.45, 7) is 2.17. The summed E-state index contributed by atoms with van der Waals surface area (Å²) < 4.78 is 6.34. The van der Waals surface area contributed by atoms with Gasteiger partial charge in [0.25, 0.3) is 5.91 Å². The summed E-state index contributed by atoms with van der Waals surface area (Å²) in [6.07, 6.45) is 1.54. The van der Waals surface area contributed by atoms with Gasteiger partial charge in [0, 0.05) is 11.9 Å². The van der Waals surface area contributed by atoms with Crippen molar-refractivity contribution in [1.29, 1.82) is 0 Å². The fourth-order valence-corrected chi connectivity index (χ4v) is 3.19. The largest absolute Gasteiger partial charge is 0.465 e. The van der Waals surface area contributed by atoms with Gasteiger partial charge in [-0.15, -0.1) is 0 Å². The topological polar surface area (TPSA) is 86.1 Å². The molecule has 0 saturated carbocycles. The number of hydrogen-bond donors (Lipinski definition) is 1. The van der Waals surface area contributed by atoms with Crippen molar-refractivity contribution in [2.24, 2.45) is 0 Å². The lowest BCUT2D eigenvalue weighted by molar-refractivity contribution is 0.0600. The monoisotopic (exact) mass is 400 g/mol. The highest BCUT2D eigenvalue weighted by atomic mass is 16.5. The predicted octanol–water partition coefficient (Wildman–Crippen LogP) is 3.45. The van der Waals surface area contributed by atoms with Gasteiger partial charge in [-0.2, -0.15) is 5.10 Å². The Hall–Kier alpha value is -4.00. The summed E-state index contributed by atoms with van der Waals surface area (Å²) in [4.78, 5) is 28.8. The first kappa shape index (κ1) is 19.3. The van der Waals surface area contributed by atoms with Crippen LogP contribution in [-0.2, 0) is 11.3 Å². The molecule has 0 fully saturated rings. The van der Waals surface area contributed by atoms with Gasteiger partial charge in [-0.25, -0.2) is 14.5 Å². The summed E-state index contributed by atoms with van der Waals surface area (Å²) in [7, 11) is 1.34. The quantitative estimate of drug-likeness (QED) is 0.519. The van der Waals surface area contributed by atoms with Crippen LogP contribution >= 0.6 is 0 Å². The summed E-state index contributed by atoms with van der Waals surface area (Å²) in [5.74, 6) is 0.0381. The zero-order valence-corrected chi connectivity index (χ0v) is 16.6. The lowest BCUT2D eigenvalue weighted by Crippen LogP contribution is -2.23. The van der Waals surface area contributed by atoms with Gasteiger partial charge in [0.2, 0.25) is 0 Å². The minimum Gasteiger partial charge on any atom is -0.465 e. The SMILES string of the molecule is COC(=O)c1ccc(CNC(=O)c2cnn(-c3ccc4ccccc4n3)c2C)cc1. The molecule has 4 rings (SSSR count). The summed E-state index contributed by atoms with van der Waals surface area (Å²) in [6, 6.07) is 18.6. The van der Waals surface area contributed by atoms with E-state index in [0.717, 1.165) is 16.5 Å². The van der Waals surface area contributed by atoms with Crippen molar-refractivity contribution in [3.8, 4) is 5.82 Å². The van der Waals surface area contributed by atoms with E-state index in [4.69, 9.17) is 0 Å². The number of nitrogens with one attached hydrogen (secondary N) is 1. The van der Waals surface area contributed by atoms with Gasteiger partial charge in [0.15, 0.2) is 5.82 Å². The van der Waals surface area contributed by atoms with Gasteiger partial charge in [0.05, 0.1) is 35.6 Å². The Labute approximate surface area is 173 Å². The first-order valence-electron chi connectivity index (χ1n) is 9.43. The Kier molecular flexibility index (Phi) is 5.26. The molecule has 0 saturated heterocycles. The van der Waals surface area contributed by atoms with E-state index in [0.29, 0.717) is 29.2 Å². The van der Waals surface area contributed by atoms with Crippen molar-refractivity contribution in [3.63, 3.8) is 0 Å². The molecule has 7 heteroatoms. The number of para-hydroxylation sites is 1. The summed E-state index contributed by atoms with van der Waals surface area (Å²) in [5, 5.41) is 8.28. The van der Waals surface area contributed by atoms with Gasteiger partial charge in [-0.1, -0.05) is 30.3 Å². The molecule has 2 aromatic carbocycles. The average molecular weight is 400 g/mol. The number of amides is 1. The average Bonchev–Trinajstić information content (AvgIpc) is 3.18. The molecule has 4 aromatic rings. The second-order valence-corrected chi connectivity index (χ2v) is 6.79. The first-order valence-corrected chi connectivity index (χ1v) is 9.43. The number of benzene rings is 2. The number of hydrogen-bond acceptors (Lipinski definition) is 5. The molecule has 30 heavy (non-hydrogen) atoms. The molecule has 2 heterocycles. The number of ether oxygens (including phenoxy) is 1. The first-order chi connectivity index (χ1) is 14.6. The van der Waals surface area contributed by atoms with Crippen LogP contribution in [0.3, 0.4) is 0 Å². The molecular formula is C23H20N4O3. The molecule has 2 aromatic heterocycles. The van der Waals surface area contributed by atoms with Crippen LogP contribution in [0.1, 0.15) is 32.0 Å². The molecule has 0 atom stereocenters. The van der Waals surface area contributed by atoms with E-state index >= 15 is 0 Å². The predicted molar refractivity (Wildman–Crippen MR) is 113 cm³/mol. The number of aromatic nitrogens is 3. The van der Waals surface area contributed by atoms with Crippen molar-refractivity contribution in [2.75, 3.05) is 7.11 Å². The van der Waals surface area contributed by atoms with Crippen molar-refractivity contribution < 1.29 is 14.3 Å². The molecule has 0 radical (unpaired) electrons. The molecule has 0 bridgehead atoms. The molecule has 0 aliphatic carbocycles. The lowest BCUT2D eigenvalue weighted by atomic mass is 10.1. The number of carbonyl (C=O) groups excluding carboxylic acids is 2. The van der Waals surface area contributed by atoms with Crippen LogP contribution in [0, 0.1) is 6.92 Å². The van der Waals surface area contributed by atoms with E-state index in [1.807, 2.05) is 43.3 Å². The van der Waals surface area contributed by atoms with Crippen LogP contribution in [0.5, 0.6) is 0 Å². The Morgan fingerprint density at radius 1 is 1.03 bits per heavy atom. The minimum absolute atomic E-state index is 0.225. The maximum atomic E-state index is 12.7. The van der Waals surface area contributed by atoms with Crippen LogP contribution < -0.4 is 5.32 Å². The van der Waals surface area contributed by atoms with Crippen molar-refractivity contribution in [1.82, 2.24) is 20.1 Å². The number of fused-ring (bicyclic) bond motifs is 1. The highest BCUT2D eigenvalue weighted by Gasteiger charge is 2.16. The normalized spacial score (nSPS) is 10.7. The molecule has 0 aliphatic rings. The van der Waals surface area contributed by atoms with E-state index in [9.17, 15) is 9.59 Å². The van der Waals surface area contributed by atoms with Gasteiger partial charge in [-0.3, -0.25) is 4.79 Å². The Bertz CT molecular complexity index is 1230. The van der Waals surface area contributed by atoms with Crippen LogP contribution in [0.25, 0.3) is 16.7 Å². The lowest BCUT2D eigenvalue weighted by Gasteiger charge is -2.08. The van der Waals surface area contributed by atoms with E-state index in [1.54, 1.807) is 35.1 Å². The molecule has 1 amide bonds. The maximum absolute atomic E-state index is 12.7. The number of carbonyl (C=O) groups is 2. The molecule has 7 nitrogen and oxygen atoms in total. The summed E-state index contributed by atoms with van der Waals surface area (Å²) in [5.41, 5.74) is 3.39. The highest BCUT2D eigenvalue weighted by molar-refractivity contribution is 5.95. The third kappa shape index (κ3) is 3.77. The number of nitrogens with zero attached hydrogens (tertiary/aromatic N) is 3. The fourth-order valence-electron chi connectivity index (χ4n) is 3.19. The Morgan fingerprint density at radius 3 is 2.57 bits per heavy atom. The standard InChI is InChI=1S/C23H20N4O3/c1-15-19(22(28)24-13-16-7-9-18(10-8-16)23(29)30-2)14-25-27(15)21-12-11-17-5-3-4-6-20(17)26-21/h3-12,14H,13H2,1-2H3,(H,24,28). The zero-order chi connectivity index (χ0) is 21.1. The van der Waals surface area contributed by atoms with Gasteiger partial charge >= 0.3 is 5.97 Å². The number of rotatable bonds is 5. The third-order valence-electron chi connectivity index (χ3n) is 4.88. The van der Waals surface area contributed by atoms with Gasteiger partial charge < -0.3 is 10.1 Å². The van der Waals surface area contributed by atoms with Crippen molar-refractivity contribution in [2.45, 2.75) is 13.5 Å². The Balaban J connectivity index is 1.48. The van der Waals surface area contributed by atoms with E-state index < -0.39 is 5.97 Å². The Morgan fingerprint density at radius 2 is 1.80 bits per heavy atom. The highest BCUT2D eigenvalue weighted by Crippen LogP contribution is 2.17. The minimum atomic E-state index is -0.393. The smallest absolute Gasteiger partial charge is 0.337 e. The second kappa shape index (κ2) is 8.16. The maximum Gasteiger partial charge on any atom is 0.337 e. The molecule has 0 aliphatic heterocycles. The van der Waals surface area contributed by atoms with E-state index in [-0.39, 0.29) is 5.91 Å². The van der Waals surface area contributed by atoms with Crippen LogP contribution in [0.15, 0.2) is 66.9 Å². The van der Waals surface area contributed by atoms with Crippen LogP contribution in [0.4, 0.5) is 0 Å². The van der Waals surface area contributed by atoms with E-state index in [2.05, 4.69) is 20.1 Å². The molecule has 1 N–H and O–H groups in total. The zero-order valence-electron chi connectivity index (χ0n) is 16.6. The molecular weight excluding hydrogens is 380 g/mol. The van der Waals surface area contributed by atoms with Crippen LogP contribution in [0.2, 0.25) is 0 Å². The van der Waals surface area contributed by atoms with Gasteiger partial charge in [0.1, 0.15) is 0 Å². The molecule has 150 valence electrons.